The number of sulfone groups is 1. The van der Waals surface area contributed by atoms with Crippen molar-refractivity contribution < 1.29 is 17.9 Å². The molecule has 0 radical (unpaired) electrons. The number of ether oxygens (including phenoxy) is 2. The van der Waals surface area contributed by atoms with Gasteiger partial charge < -0.3 is 14.8 Å². The maximum atomic E-state index is 12.5. The van der Waals surface area contributed by atoms with Crippen LogP contribution in [0.2, 0.25) is 0 Å². The minimum absolute atomic E-state index is 0.150. The Morgan fingerprint density at radius 3 is 2.50 bits per heavy atom. The van der Waals surface area contributed by atoms with E-state index >= 15 is 0 Å². The van der Waals surface area contributed by atoms with E-state index in [2.05, 4.69) is 5.32 Å². The lowest BCUT2D eigenvalue weighted by Crippen LogP contribution is -2.29. The average Bonchev–Trinajstić information content (AvgIpc) is 2.46. The monoisotopic (exact) mass is 299 g/mol. The molecule has 112 valence electrons. The van der Waals surface area contributed by atoms with Gasteiger partial charge in [-0.3, -0.25) is 0 Å². The molecule has 2 unspecified atom stereocenters. The number of benzene rings is 1. The Labute approximate surface area is 120 Å². The largest absolute Gasteiger partial charge is 0.486 e. The van der Waals surface area contributed by atoms with Crippen molar-refractivity contribution in [1.82, 2.24) is 5.32 Å². The number of nitrogens with one attached hydrogen (secondary N) is 1. The zero-order chi connectivity index (χ0) is 14.8. The average molecular weight is 299 g/mol. The van der Waals surface area contributed by atoms with Crippen molar-refractivity contribution in [2.75, 3.05) is 20.3 Å². The fraction of sp³-hybridized carbons (Fsp3) is 0.571. The Kier molecular flexibility index (Phi) is 4.55. The summed E-state index contributed by atoms with van der Waals surface area (Å²) >= 11 is 0. The SMILES string of the molecule is CNC(C)CC(C)S(=O)(=O)c1ccc2c(c1)OCCO2. The smallest absolute Gasteiger partial charge is 0.181 e. The molecule has 1 N–H and O–H groups in total. The molecule has 20 heavy (non-hydrogen) atoms. The Balaban J connectivity index is 2.25. The fourth-order valence-electron chi connectivity index (χ4n) is 2.18. The Morgan fingerprint density at radius 1 is 1.20 bits per heavy atom. The maximum Gasteiger partial charge on any atom is 0.181 e. The molecule has 1 aliphatic rings. The summed E-state index contributed by atoms with van der Waals surface area (Å²) in [4.78, 5) is 0.289. The molecule has 0 aromatic heterocycles. The summed E-state index contributed by atoms with van der Waals surface area (Å²) in [5.74, 6) is 1.11. The van der Waals surface area contributed by atoms with Gasteiger partial charge in [0.15, 0.2) is 21.3 Å². The first-order chi connectivity index (χ1) is 9.45. The summed E-state index contributed by atoms with van der Waals surface area (Å²) in [6, 6.07) is 4.96. The van der Waals surface area contributed by atoms with Crippen LogP contribution in [0.5, 0.6) is 11.5 Å². The lowest BCUT2D eigenvalue weighted by atomic mass is 10.2. The lowest BCUT2D eigenvalue weighted by Gasteiger charge is -2.21. The molecule has 0 amide bonds. The molecule has 2 rings (SSSR count). The predicted octanol–water partition coefficient (Wildman–Crippen LogP) is 1.62. The third kappa shape index (κ3) is 3.07. The van der Waals surface area contributed by atoms with E-state index in [1.807, 2.05) is 14.0 Å². The summed E-state index contributed by atoms with van der Waals surface area (Å²) in [7, 11) is -1.53. The minimum Gasteiger partial charge on any atom is -0.486 e. The summed E-state index contributed by atoms with van der Waals surface area (Å²) in [6.45, 7) is 4.65. The number of hydrogen-bond donors (Lipinski definition) is 1. The Morgan fingerprint density at radius 2 is 1.85 bits per heavy atom. The molecular weight excluding hydrogens is 278 g/mol. The second-order valence-electron chi connectivity index (χ2n) is 5.09. The van der Waals surface area contributed by atoms with Gasteiger partial charge in [0.25, 0.3) is 0 Å². The molecule has 0 fully saturated rings. The van der Waals surface area contributed by atoms with Crippen LogP contribution < -0.4 is 14.8 Å². The van der Waals surface area contributed by atoms with Crippen molar-refractivity contribution in [3.8, 4) is 11.5 Å². The van der Waals surface area contributed by atoms with Crippen molar-refractivity contribution in [2.45, 2.75) is 36.5 Å². The van der Waals surface area contributed by atoms with Crippen LogP contribution in [0.1, 0.15) is 20.3 Å². The first kappa shape index (κ1) is 15.1. The van der Waals surface area contributed by atoms with Crippen molar-refractivity contribution in [3.05, 3.63) is 18.2 Å². The Bertz CT molecular complexity index is 571. The summed E-state index contributed by atoms with van der Waals surface area (Å²) in [5, 5.41) is 2.61. The molecular formula is C14H21NO4S. The van der Waals surface area contributed by atoms with E-state index in [-0.39, 0.29) is 10.9 Å². The van der Waals surface area contributed by atoms with Crippen LogP contribution in [-0.2, 0) is 9.84 Å². The van der Waals surface area contributed by atoms with Crippen LogP contribution in [0.25, 0.3) is 0 Å². The van der Waals surface area contributed by atoms with E-state index in [9.17, 15) is 8.42 Å². The van der Waals surface area contributed by atoms with Crippen LogP contribution in [-0.4, -0.2) is 40.0 Å². The van der Waals surface area contributed by atoms with Crippen LogP contribution in [0.4, 0.5) is 0 Å². The molecule has 1 aromatic rings. The van der Waals surface area contributed by atoms with Crippen LogP contribution >= 0.6 is 0 Å². The molecule has 2 atom stereocenters. The molecule has 0 saturated heterocycles. The molecule has 1 heterocycles. The zero-order valence-corrected chi connectivity index (χ0v) is 12.9. The van der Waals surface area contributed by atoms with Crippen molar-refractivity contribution >= 4 is 9.84 Å². The highest BCUT2D eigenvalue weighted by Crippen LogP contribution is 2.33. The van der Waals surface area contributed by atoms with Gasteiger partial charge in [0.2, 0.25) is 0 Å². The molecule has 1 aromatic carbocycles. The van der Waals surface area contributed by atoms with Crippen LogP contribution in [0, 0.1) is 0 Å². The van der Waals surface area contributed by atoms with Gasteiger partial charge in [-0.25, -0.2) is 8.42 Å². The molecule has 5 nitrogen and oxygen atoms in total. The highest BCUT2D eigenvalue weighted by atomic mass is 32.2. The lowest BCUT2D eigenvalue weighted by molar-refractivity contribution is 0.171. The first-order valence-corrected chi connectivity index (χ1v) is 8.30. The second-order valence-corrected chi connectivity index (χ2v) is 7.45. The summed E-state index contributed by atoms with van der Waals surface area (Å²) in [5.41, 5.74) is 0. The van der Waals surface area contributed by atoms with E-state index in [1.54, 1.807) is 25.1 Å². The fourth-order valence-corrected chi connectivity index (χ4v) is 3.71. The molecule has 0 saturated carbocycles. The van der Waals surface area contributed by atoms with E-state index in [0.29, 0.717) is 31.1 Å². The van der Waals surface area contributed by atoms with E-state index in [1.165, 1.54) is 0 Å². The van der Waals surface area contributed by atoms with Gasteiger partial charge in [-0.1, -0.05) is 0 Å². The standard InChI is InChI=1S/C14H21NO4S/c1-10(15-3)8-11(2)20(16,17)12-4-5-13-14(9-12)19-7-6-18-13/h4-5,9-11,15H,6-8H2,1-3H3. The highest BCUT2D eigenvalue weighted by molar-refractivity contribution is 7.92. The van der Waals surface area contributed by atoms with Crippen LogP contribution in [0.15, 0.2) is 23.1 Å². The molecule has 0 bridgehead atoms. The van der Waals surface area contributed by atoms with Crippen molar-refractivity contribution in [2.24, 2.45) is 0 Å². The maximum absolute atomic E-state index is 12.5. The first-order valence-electron chi connectivity index (χ1n) is 6.76. The third-order valence-corrected chi connectivity index (χ3v) is 5.71. The number of rotatable bonds is 5. The minimum atomic E-state index is -3.35. The summed E-state index contributed by atoms with van der Waals surface area (Å²) < 4.78 is 35.9. The van der Waals surface area contributed by atoms with E-state index in [0.717, 1.165) is 0 Å². The Hall–Kier alpha value is -1.27. The second kappa shape index (κ2) is 6.01. The summed E-state index contributed by atoms with van der Waals surface area (Å²) in [6.07, 6.45) is 0.563. The molecule has 1 aliphatic heterocycles. The van der Waals surface area contributed by atoms with Gasteiger partial charge in [-0.2, -0.15) is 0 Å². The van der Waals surface area contributed by atoms with Gasteiger partial charge in [-0.15, -0.1) is 0 Å². The molecule has 6 heteroatoms. The third-order valence-electron chi connectivity index (χ3n) is 3.55. The van der Waals surface area contributed by atoms with E-state index < -0.39 is 15.1 Å². The quantitative estimate of drug-likeness (QED) is 0.895. The predicted molar refractivity (Wildman–Crippen MR) is 77.2 cm³/mol. The molecule has 0 spiro atoms. The zero-order valence-electron chi connectivity index (χ0n) is 12.0. The van der Waals surface area contributed by atoms with Gasteiger partial charge in [0, 0.05) is 12.1 Å². The normalized spacial score (nSPS) is 17.6. The van der Waals surface area contributed by atoms with Gasteiger partial charge in [0.05, 0.1) is 10.1 Å². The van der Waals surface area contributed by atoms with Crippen LogP contribution in [0.3, 0.4) is 0 Å². The van der Waals surface area contributed by atoms with Crippen molar-refractivity contribution in [3.63, 3.8) is 0 Å². The van der Waals surface area contributed by atoms with E-state index in [4.69, 9.17) is 9.47 Å². The number of hydrogen-bond acceptors (Lipinski definition) is 5. The van der Waals surface area contributed by atoms with Gasteiger partial charge in [-0.05, 0) is 39.4 Å². The topological polar surface area (TPSA) is 64.6 Å². The van der Waals surface area contributed by atoms with Crippen molar-refractivity contribution in [1.29, 1.82) is 0 Å². The molecule has 0 aliphatic carbocycles. The number of fused-ring (bicyclic) bond motifs is 1. The van der Waals surface area contributed by atoms with Gasteiger partial charge >= 0.3 is 0 Å². The highest BCUT2D eigenvalue weighted by Gasteiger charge is 2.26. The van der Waals surface area contributed by atoms with Gasteiger partial charge in [0.1, 0.15) is 13.2 Å².